The monoisotopic (exact) mass is 324 g/mol. The normalized spacial score (nSPS) is 11.6. The summed E-state index contributed by atoms with van der Waals surface area (Å²) in [5.74, 6) is 0.262. The number of nitro benzene ring substituents is 1. The molecular weight excluding hydrogens is 300 g/mol. The highest BCUT2D eigenvalue weighted by atomic mass is 16.6. The fourth-order valence-corrected chi connectivity index (χ4v) is 2.12. The van der Waals surface area contributed by atoms with Gasteiger partial charge in [-0.05, 0) is 19.4 Å². The van der Waals surface area contributed by atoms with Gasteiger partial charge in [-0.25, -0.2) is 0 Å². The number of ether oxygens (including phenoxy) is 2. The first kappa shape index (κ1) is 18.7. The van der Waals surface area contributed by atoms with Crippen molar-refractivity contribution in [2.45, 2.75) is 45.6 Å². The number of benzene rings is 1. The van der Waals surface area contributed by atoms with Gasteiger partial charge in [0.05, 0.1) is 18.1 Å². The molecule has 1 aromatic carbocycles. The van der Waals surface area contributed by atoms with E-state index < -0.39 is 4.92 Å². The number of hydrogen-bond donors (Lipinski definition) is 1. The Morgan fingerprint density at radius 1 is 1.35 bits per heavy atom. The Morgan fingerprint density at radius 3 is 2.70 bits per heavy atom. The van der Waals surface area contributed by atoms with Gasteiger partial charge in [0.1, 0.15) is 0 Å². The van der Waals surface area contributed by atoms with Crippen LogP contribution in [-0.2, 0) is 4.79 Å². The number of methoxy groups -OCH3 is 1. The Bertz CT molecular complexity index is 533. The maximum absolute atomic E-state index is 11.9. The van der Waals surface area contributed by atoms with Crippen LogP contribution < -0.4 is 14.8 Å². The molecule has 0 aliphatic heterocycles. The minimum atomic E-state index is -0.526. The van der Waals surface area contributed by atoms with E-state index in [1.54, 1.807) is 0 Å². The number of carbonyl (C=O) groups is 1. The zero-order valence-corrected chi connectivity index (χ0v) is 13.8. The number of rotatable bonds is 10. The van der Waals surface area contributed by atoms with E-state index >= 15 is 0 Å². The Kier molecular flexibility index (Phi) is 7.87. The number of hydrogen-bond acceptors (Lipinski definition) is 5. The summed E-state index contributed by atoms with van der Waals surface area (Å²) in [5, 5.41) is 13.6. The van der Waals surface area contributed by atoms with E-state index in [9.17, 15) is 14.9 Å². The van der Waals surface area contributed by atoms with Crippen LogP contribution in [0.25, 0.3) is 0 Å². The molecule has 0 fully saturated rings. The lowest BCUT2D eigenvalue weighted by molar-refractivity contribution is -0.385. The molecule has 7 nitrogen and oxygen atoms in total. The summed E-state index contributed by atoms with van der Waals surface area (Å²) in [7, 11) is 1.43. The van der Waals surface area contributed by atoms with E-state index in [1.165, 1.54) is 25.3 Å². The van der Waals surface area contributed by atoms with Crippen LogP contribution in [0.15, 0.2) is 18.2 Å². The minimum Gasteiger partial charge on any atom is -0.493 e. The van der Waals surface area contributed by atoms with Gasteiger partial charge in [-0.1, -0.05) is 26.2 Å². The third-order valence-corrected chi connectivity index (χ3v) is 3.36. The minimum absolute atomic E-state index is 0.0738. The van der Waals surface area contributed by atoms with Crippen LogP contribution in [0, 0.1) is 10.1 Å². The van der Waals surface area contributed by atoms with Crippen molar-refractivity contribution in [3.63, 3.8) is 0 Å². The summed E-state index contributed by atoms with van der Waals surface area (Å²) >= 11 is 0. The molecule has 0 aromatic heterocycles. The standard InChI is InChI=1S/C16H24N2O5/c1-4-5-6-7-12(2)17-16(19)11-23-15-10-13(18(20)21)8-9-14(15)22-3/h8-10,12H,4-7,11H2,1-3H3,(H,17,19). The number of nitrogens with zero attached hydrogens (tertiary/aromatic N) is 1. The summed E-state index contributed by atoms with van der Waals surface area (Å²) in [6.07, 6.45) is 4.26. The second-order valence-electron chi connectivity index (χ2n) is 5.35. The molecule has 1 aromatic rings. The van der Waals surface area contributed by atoms with E-state index in [4.69, 9.17) is 9.47 Å². The number of nitro groups is 1. The van der Waals surface area contributed by atoms with Gasteiger partial charge in [0, 0.05) is 12.1 Å². The molecule has 1 N–H and O–H groups in total. The number of carbonyl (C=O) groups excluding carboxylic acids is 1. The maximum Gasteiger partial charge on any atom is 0.273 e. The highest BCUT2D eigenvalue weighted by Crippen LogP contribution is 2.30. The molecule has 0 aliphatic rings. The lowest BCUT2D eigenvalue weighted by Gasteiger charge is -2.15. The zero-order valence-electron chi connectivity index (χ0n) is 13.8. The molecule has 0 saturated carbocycles. The van der Waals surface area contributed by atoms with Crippen molar-refractivity contribution in [1.82, 2.24) is 5.32 Å². The van der Waals surface area contributed by atoms with E-state index in [0.717, 1.165) is 25.7 Å². The highest BCUT2D eigenvalue weighted by molar-refractivity contribution is 5.77. The summed E-state index contributed by atoms with van der Waals surface area (Å²) in [6.45, 7) is 3.86. The van der Waals surface area contributed by atoms with Crippen molar-refractivity contribution in [2.75, 3.05) is 13.7 Å². The second kappa shape index (κ2) is 9.66. The fourth-order valence-electron chi connectivity index (χ4n) is 2.12. The van der Waals surface area contributed by atoms with Crippen LogP contribution in [-0.4, -0.2) is 30.6 Å². The lowest BCUT2D eigenvalue weighted by atomic mass is 10.1. The predicted octanol–water partition coefficient (Wildman–Crippen LogP) is 3.07. The second-order valence-corrected chi connectivity index (χ2v) is 5.35. The molecule has 1 atom stereocenters. The summed E-state index contributed by atoms with van der Waals surface area (Å²) in [6, 6.07) is 4.08. The Hall–Kier alpha value is -2.31. The van der Waals surface area contributed by atoms with Gasteiger partial charge in [-0.15, -0.1) is 0 Å². The smallest absolute Gasteiger partial charge is 0.273 e. The highest BCUT2D eigenvalue weighted by Gasteiger charge is 2.14. The van der Waals surface area contributed by atoms with Crippen LogP contribution in [0.3, 0.4) is 0 Å². The number of unbranched alkanes of at least 4 members (excludes halogenated alkanes) is 2. The molecule has 1 rings (SSSR count). The molecule has 0 aliphatic carbocycles. The third-order valence-electron chi connectivity index (χ3n) is 3.36. The molecule has 0 bridgehead atoms. The molecule has 0 saturated heterocycles. The van der Waals surface area contributed by atoms with Crippen LogP contribution >= 0.6 is 0 Å². The van der Waals surface area contributed by atoms with Crippen molar-refractivity contribution in [1.29, 1.82) is 0 Å². The average molecular weight is 324 g/mol. The van der Waals surface area contributed by atoms with Crippen LogP contribution in [0.5, 0.6) is 11.5 Å². The van der Waals surface area contributed by atoms with Crippen molar-refractivity contribution >= 4 is 11.6 Å². The molecule has 1 unspecified atom stereocenters. The van der Waals surface area contributed by atoms with Gasteiger partial charge >= 0.3 is 0 Å². The predicted molar refractivity (Wildman–Crippen MR) is 86.9 cm³/mol. The Morgan fingerprint density at radius 2 is 2.09 bits per heavy atom. The summed E-state index contributed by atoms with van der Waals surface area (Å²) in [4.78, 5) is 22.1. The van der Waals surface area contributed by atoms with E-state index in [0.29, 0.717) is 5.75 Å². The lowest BCUT2D eigenvalue weighted by Crippen LogP contribution is -2.36. The number of non-ortho nitro benzene ring substituents is 1. The largest absolute Gasteiger partial charge is 0.493 e. The number of nitrogens with one attached hydrogen (secondary N) is 1. The first-order valence-corrected chi connectivity index (χ1v) is 7.72. The molecular formula is C16H24N2O5. The van der Waals surface area contributed by atoms with Gasteiger partial charge in [-0.3, -0.25) is 14.9 Å². The van der Waals surface area contributed by atoms with Gasteiger partial charge in [0.15, 0.2) is 18.1 Å². The quantitative estimate of drug-likeness (QED) is 0.406. The van der Waals surface area contributed by atoms with Crippen molar-refractivity contribution in [2.24, 2.45) is 0 Å². The summed E-state index contributed by atoms with van der Waals surface area (Å²) < 4.78 is 10.4. The SMILES string of the molecule is CCCCCC(C)NC(=O)COc1cc([N+](=O)[O-])ccc1OC. The number of amides is 1. The molecule has 23 heavy (non-hydrogen) atoms. The Labute approximate surface area is 136 Å². The van der Waals surface area contributed by atoms with Crippen LogP contribution in [0.4, 0.5) is 5.69 Å². The first-order valence-electron chi connectivity index (χ1n) is 7.72. The Balaban J connectivity index is 2.54. The van der Waals surface area contributed by atoms with Gasteiger partial charge < -0.3 is 14.8 Å². The third kappa shape index (κ3) is 6.54. The van der Waals surface area contributed by atoms with E-state index in [2.05, 4.69) is 12.2 Å². The summed E-state index contributed by atoms with van der Waals surface area (Å²) in [5.41, 5.74) is -0.117. The topological polar surface area (TPSA) is 90.7 Å². The van der Waals surface area contributed by atoms with Crippen LogP contribution in [0.1, 0.15) is 39.5 Å². The molecule has 7 heteroatoms. The van der Waals surface area contributed by atoms with Gasteiger partial charge in [-0.2, -0.15) is 0 Å². The fraction of sp³-hybridized carbons (Fsp3) is 0.562. The molecule has 0 heterocycles. The average Bonchev–Trinajstić information content (AvgIpc) is 2.52. The molecule has 0 radical (unpaired) electrons. The van der Waals surface area contributed by atoms with E-state index in [1.807, 2.05) is 6.92 Å². The van der Waals surface area contributed by atoms with Crippen molar-refractivity contribution in [3.8, 4) is 11.5 Å². The van der Waals surface area contributed by atoms with Crippen molar-refractivity contribution < 1.29 is 19.2 Å². The van der Waals surface area contributed by atoms with Crippen LogP contribution in [0.2, 0.25) is 0 Å². The van der Waals surface area contributed by atoms with Gasteiger partial charge in [0.2, 0.25) is 0 Å². The van der Waals surface area contributed by atoms with Crippen molar-refractivity contribution in [3.05, 3.63) is 28.3 Å². The first-order chi connectivity index (χ1) is 11.0. The van der Waals surface area contributed by atoms with Gasteiger partial charge in [0.25, 0.3) is 11.6 Å². The molecule has 0 spiro atoms. The molecule has 128 valence electrons. The van der Waals surface area contributed by atoms with E-state index in [-0.39, 0.29) is 30.0 Å². The maximum atomic E-state index is 11.9. The molecule has 1 amide bonds. The zero-order chi connectivity index (χ0) is 17.2.